The average Bonchev–Trinajstić information content (AvgIpc) is 3.34. The molecule has 2 aromatic heterocycles. The number of pyridine rings is 1. The molecular formula is C28H29FN6O4. The normalized spacial score (nSPS) is 11.0. The fraction of sp³-hybridized carbons (Fsp3) is 0.214. The first-order chi connectivity index (χ1) is 18.6. The van der Waals surface area contributed by atoms with E-state index < -0.39 is 11.8 Å². The van der Waals surface area contributed by atoms with E-state index in [-0.39, 0.29) is 28.5 Å². The first-order valence-electron chi connectivity index (χ1n) is 12.1. The van der Waals surface area contributed by atoms with Crippen molar-refractivity contribution in [2.24, 2.45) is 0 Å². The molecule has 10 nitrogen and oxygen atoms in total. The smallest absolute Gasteiger partial charge is 0.324 e. The largest absolute Gasteiger partial charge is 0.497 e. The summed E-state index contributed by atoms with van der Waals surface area (Å²) in [5.41, 5.74) is 1.31. The van der Waals surface area contributed by atoms with Crippen molar-refractivity contribution in [2.75, 3.05) is 24.8 Å². The minimum Gasteiger partial charge on any atom is -0.497 e. The first kappa shape index (κ1) is 27.1. The number of ether oxygens (including phenoxy) is 2. The van der Waals surface area contributed by atoms with Crippen LogP contribution < -0.4 is 25.4 Å². The molecule has 4 aromatic rings. The van der Waals surface area contributed by atoms with Gasteiger partial charge in [-0.25, -0.2) is 13.9 Å². The minimum absolute atomic E-state index is 0.0489. The lowest BCUT2D eigenvalue weighted by atomic mass is 9.92. The summed E-state index contributed by atoms with van der Waals surface area (Å²) in [6.45, 7) is 6.05. The molecule has 2 heterocycles. The van der Waals surface area contributed by atoms with Crippen LogP contribution >= 0.6 is 0 Å². The van der Waals surface area contributed by atoms with Gasteiger partial charge in [0.1, 0.15) is 34.6 Å². The monoisotopic (exact) mass is 532 g/mol. The maximum absolute atomic E-state index is 14.9. The van der Waals surface area contributed by atoms with Gasteiger partial charge in [-0.2, -0.15) is 5.10 Å². The molecule has 0 fully saturated rings. The van der Waals surface area contributed by atoms with E-state index in [1.807, 2.05) is 32.9 Å². The number of carbonyl (C=O) groups is 2. The Balaban J connectivity index is 1.50. The first-order valence-corrected chi connectivity index (χ1v) is 12.1. The van der Waals surface area contributed by atoms with Crippen molar-refractivity contribution < 1.29 is 23.5 Å². The fourth-order valence-electron chi connectivity index (χ4n) is 3.55. The lowest BCUT2D eigenvalue weighted by Gasteiger charge is -2.14. The summed E-state index contributed by atoms with van der Waals surface area (Å²) < 4.78 is 27.3. The Morgan fingerprint density at radius 3 is 2.26 bits per heavy atom. The molecule has 0 atom stereocenters. The number of urea groups is 1. The van der Waals surface area contributed by atoms with Gasteiger partial charge in [-0.05, 0) is 42.5 Å². The molecule has 0 saturated carbocycles. The lowest BCUT2D eigenvalue weighted by Crippen LogP contribution is -2.22. The molecule has 4 rings (SSSR count). The Bertz CT molecular complexity index is 1490. The standard InChI is InChI=1S/C28H29FN6O4/c1-28(2,3)24-16-25(35(34-24)17-6-8-18(38-5)9-7-17)33-27(37)32-22-11-10-19(14-21(22)29)39-20-12-13-31-23(15-20)26(36)30-4/h6-16H,1-5H3,(H,30,36)(H2,32,33,37). The van der Waals surface area contributed by atoms with Crippen LogP contribution in [-0.2, 0) is 5.41 Å². The second-order valence-electron chi connectivity index (χ2n) is 9.55. The van der Waals surface area contributed by atoms with Crippen molar-refractivity contribution in [3.8, 4) is 22.9 Å². The zero-order valence-corrected chi connectivity index (χ0v) is 22.2. The minimum atomic E-state index is -0.706. The number of rotatable bonds is 7. The van der Waals surface area contributed by atoms with E-state index in [9.17, 15) is 14.0 Å². The number of amides is 3. The summed E-state index contributed by atoms with van der Waals surface area (Å²) in [5, 5.41) is 12.4. The molecule has 0 aliphatic carbocycles. The van der Waals surface area contributed by atoms with Crippen LogP contribution in [-0.4, -0.2) is 40.9 Å². The number of nitrogens with zero attached hydrogens (tertiary/aromatic N) is 3. The summed E-state index contributed by atoms with van der Waals surface area (Å²) in [4.78, 5) is 28.6. The molecule has 0 spiro atoms. The molecule has 3 amide bonds. The summed E-state index contributed by atoms with van der Waals surface area (Å²) in [6, 6.07) is 15.3. The molecular weight excluding hydrogens is 503 g/mol. The third-order valence-corrected chi connectivity index (χ3v) is 5.65. The van der Waals surface area contributed by atoms with Crippen LogP contribution in [0.5, 0.6) is 17.2 Å². The number of benzene rings is 2. The number of carbonyl (C=O) groups excluding carboxylic acids is 2. The number of halogens is 1. The van der Waals surface area contributed by atoms with Gasteiger partial charge in [-0.1, -0.05) is 20.8 Å². The molecule has 2 aromatic carbocycles. The number of aromatic nitrogens is 3. The molecule has 0 saturated heterocycles. The van der Waals surface area contributed by atoms with Crippen molar-refractivity contribution in [3.63, 3.8) is 0 Å². The summed E-state index contributed by atoms with van der Waals surface area (Å²) in [7, 11) is 3.07. The third-order valence-electron chi connectivity index (χ3n) is 5.65. The quantitative estimate of drug-likeness (QED) is 0.289. The van der Waals surface area contributed by atoms with E-state index in [0.29, 0.717) is 23.0 Å². The van der Waals surface area contributed by atoms with E-state index in [2.05, 4.69) is 26.0 Å². The Kier molecular flexibility index (Phi) is 7.80. The van der Waals surface area contributed by atoms with Gasteiger partial charge < -0.3 is 20.1 Å². The second kappa shape index (κ2) is 11.2. The molecule has 39 heavy (non-hydrogen) atoms. The predicted molar refractivity (Wildman–Crippen MR) is 146 cm³/mol. The van der Waals surface area contributed by atoms with Crippen molar-refractivity contribution in [1.82, 2.24) is 20.1 Å². The van der Waals surface area contributed by atoms with Crippen LogP contribution in [0, 0.1) is 5.82 Å². The average molecular weight is 533 g/mol. The van der Waals surface area contributed by atoms with Gasteiger partial charge >= 0.3 is 6.03 Å². The van der Waals surface area contributed by atoms with E-state index in [1.165, 1.54) is 31.4 Å². The molecule has 0 radical (unpaired) electrons. The van der Waals surface area contributed by atoms with Gasteiger partial charge in [0.15, 0.2) is 0 Å². The number of hydrogen-bond acceptors (Lipinski definition) is 6. The summed E-state index contributed by atoms with van der Waals surface area (Å²) in [5.74, 6) is 0.505. The molecule has 0 aliphatic rings. The van der Waals surface area contributed by atoms with Crippen molar-refractivity contribution in [2.45, 2.75) is 26.2 Å². The predicted octanol–water partition coefficient (Wildman–Crippen LogP) is 5.51. The highest BCUT2D eigenvalue weighted by atomic mass is 19.1. The molecule has 0 aliphatic heterocycles. The van der Waals surface area contributed by atoms with Crippen molar-refractivity contribution in [1.29, 1.82) is 0 Å². The molecule has 0 bridgehead atoms. The van der Waals surface area contributed by atoms with E-state index >= 15 is 0 Å². The molecule has 3 N–H and O–H groups in total. The van der Waals surface area contributed by atoms with Crippen LogP contribution in [0.2, 0.25) is 0 Å². The van der Waals surface area contributed by atoms with Gasteiger partial charge in [0, 0.05) is 36.9 Å². The Morgan fingerprint density at radius 1 is 0.923 bits per heavy atom. The number of methoxy groups -OCH3 is 1. The SMILES string of the molecule is CNC(=O)c1cc(Oc2ccc(NC(=O)Nc3cc(C(C)(C)C)nn3-c3ccc(OC)cc3)c(F)c2)ccn1. The van der Waals surface area contributed by atoms with E-state index in [4.69, 9.17) is 9.47 Å². The fourth-order valence-corrected chi connectivity index (χ4v) is 3.55. The second-order valence-corrected chi connectivity index (χ2v) is 9.55. The van der Waals surface area contributed by atoms with Crippen LogP contribution in [0.1, 0.15) is 37.0 Å². The lowest BCUT2D eigenvalue weighted by molar-refractivity contribution is 0.0957. The highest BCUT2D eigenvalue weighted by molar-refractivity contribution is 5.99. The van der Waals surface area contributed by atoms with Crippen LogP contribution in [0.3, 0.4) is 0 Å². The topological polar surface area (TPSA) is 119 Å². The van der Waals surface area contributed by atoms with Crippen LogP contribution in [0.4, 0.5) is 20.7 Å². The van der Waals surface area contributed by atoms with E-state index in [0.717, 1.165) is 11.8 Å². The van der Waals surface area contributed by atoms with Crippen LogP contribution in [0.15, 0.2) is 66.9 Å². The van der Waals surface area contributed by atoms with Gasteiger partial charge in [0.2, 0.25) is 0 Å². The maximum Gasteiger partial charge on any atom is 0.324 e. The van der Waals surface area contributed by atoms with Crippen molar-refractivity contribution >= 4 is 23.4 Å². The van der Waals surface area contributed by atoms with Gasteiger partial charge in [-0.3, -0.25) is 15.1 Å². The molecule has 0 unspecified atom stereocenters. The highest BCUT2D eigenvalue weighted by Gasteiger charge is 2.22. The Hall–Kier alpha value is -4.93. The van der Waals surface area contributed by atoms with Gasteiger partial charge in [-0.15, -0.1) is 0 Å². The Labute approximate surface area is 225 Å². The maximum atomic E-state index is 14.9. The number of nitrogens with one attached hydrogen (secondary N) is 3. The number of hydrogen-bond donors (Lipinski definition) is 3. The van der Waals surface area contributed by atoms with Gasteiger partial charge in [0.05, 0.1) is 24.2 Å². The molecule has 11 heteroatoms. The summed E-state index contributed by atoms with van der Waals surface area (Å²) in [6.07, 6.45) is 1.41. The van der Waals surface area contributed by atoms with Crippen LogP contribution in [0.25, 0.3) is 5.69 Å². The third kappa shape index (κ3) is 6.50. The molecule has 202 valence electrons. The highest BCUT2D eigenvalue weighted by Crippen LogP contribution is 2.28. The zero-order chi connectivity index (χ0) is 28.2. The zero-order valence-electron chi connectivity index (χ0n) is 22.2. The summed E-state index contributed by atoms with van der Waals surface area (Å²) >= 11 is 0. The number of anilines is 2. The van der Waals surface area contributed by atoms with Gasteiger partial charge in [0.25, 0.3) is 5.91 Å². The van der Waals surface area contributed by atoms with E-state index in [1.54, 1.807) is 36.1 Å². The van der Waals surface area contributed by atoms with Crippen molar-refractivity contribution in [3.05, 3.63) is 84.1 Å². The Morgan fingerprint density at radius 2 is 1.62 bits per heavy atom.